The van der Waals surface area contributed by atoms with Gasteiger partial charge in [-0.25, -0.2) is 0 Å². The number of nitrogens with zero attached hydrogens (tertiary/aromatic N) is 1. The summed E-state index contributed by atoms with van der Waals surface area (Å²) in [5.41, 5.74) is 7.14. The summed E-state index contributed by atoms with van der Waals surface area (Å²) in [6.07, 6.45) is 8.54. The molecule has 2 aliphatic rings. The van der Waals surface area contributed by atoms with Crippen LogP contribution in [0.4, 0.5) is 5.69 Å². The van der Waals surface area contributed by atoms with Crippen molar-refractivity contribution in [2.75, 3.05) is 12.4 Å². The molecule has 2 aliphatic carbocycles. The Kier molecular flexibility index (Phi) is 7.24. The molecule has 0 spiro atoms. The first-order chi connectivity index (χ1) is 16.1. The third-order valence-corrected chi connectivity index (χ3v) is 7.46. The Bertz CT molecular complexity index is 1080. The quantitative estimate of drug-likeness (QED) is 0.523. The number of nitrogens with one attached hydrogen (secondary N) is 1. The van der Waals surface area contributed by atoms with Gasteiger partial charge in [0.2, 0.25) is 0 Å². The first kappa shape index (κ1) is 23.2. The van der Waals surface area contributed by atoms with Gasteiger partial charge in [-0.2, -0.15) is 0 Å². The Morgan fingerprint density at radius 1 is 1.12 bits per heavy atom. The van der Waals surface area contributed by atoms with Gasteiger partial charge in [-0.05, 0) is 86.3 Å². The zero-order valence-electron chi connectivity index (χ0n) is 19.6. The van der Waals surface area contributed by atoms with Crippen molar-refractivity contribution in [1.29, 1.82) is 0 Å². The number of fused-ring (bicyclic) bond motifs is 3. The van der Waals surface area contributed by atoms with E-state index in [1.165, 1.54) is 16.7 Å². The zero-order valence-corrected chi connectivity index (χ0v) is 19.6. The molecule has 0 aliphatic heterocycles. The van der Waals surface area contributed by atoms with Crippen LogP contribution in [0, 0.1) is 12.8 Å². The number of anilines is 1. The minimum absolute atomic E-state index is 0.107. The molecule has 5 rings (SSSR count). The number of aldehydes is 1. The maximum Gasteiger partial charge on any atom is 0.150 e. The topological polar surface area (TPSA) is 62.2 Å². The minimum atomic E-state index is -0.158. The predicted molar refractivity (Wildman–Crippen MR) is 134 cm³/mol. The van der Waals surface area contributed by atoms with Gasteiger partial charge in [0.1, 0.15) is 6.29 Å². The Morgan fingerprint density at radius 2 is 1.94 bits per heavy atom. The molecule has 172 valence electrons. The fraction of sp³-hybridized carbons (Fsp3) is 0.379. The van der Waals surface area contributed by atoms with Crippen molar-refractivity contribution >= 4 is 12.0 Å². The first-order valence-corrected chi connectivity index (χ1v) is 12.0. The van der Waals surface area contributed by atoms with E-state index in [1.807, 2.05) is 32.2 Å². The number of hydrogen-bond donors (Lipinski definition) is 2. The third kappa shape index (κ3) is 5.01. The molecule has 1 heterocycles. The normalized spacial score (nSPS) is 23.4. The fourth-order valence-corrected chi connectivity index (χ4v) is 5.79. The summed E-state index contributed by atoms with van der Waals surface area (Å²) in [7, 11) is 1.89. The highest BCUT2D eigenvalue weighted by Gasteiger charge is 2.47. The molecule has 0 radical (unpaired) electrons. The van der Waals surface area contributed by atoms with E-state index in [0.29, 0.717) is 5.92 Å². The van der Waals surface area contributed by atoms with E-state index in [-0.39, 0.29) is 11.5 Å². The second kappa shape index (κ2) is 10.3. The summed E-state index contributed by atoms with van der Waals surface area (Å²) >= 11 is 0. The van der Waals surface area contributed by atoms with Crippen molar-refractivity contribution in [2.45, 2.75) is 57.0 Å². The standard InChI is InChI=1S/C22H24O2.C7H10N2/c23-15-17-6-9-21-18(12-17)7-8-19-13-20(24)10-11-22(19,21)14-16-4-2-1-3-5-16;1-6-7(8-2)4-3-5-9-6/h1-6,9,12,15,19-20,24H,7-8,10-11,13-14H2;3-5,8H,1-2H3/t19?,20-,22+;/m1./s1. The number of carbonyl (C=O) groups excluding carboxylic acids is 1. The van der Waals surface area contributed by atoms with Crippen LogP contribution in [0.25, 0.3) is 0 Å². The molecule has 4 nitrogen and oxygen atoms in total. The number of aliphatic hydroxyl groups is 1. The number of hydrogen-bond acceptors (Lipinski definition) is 4. The van der Waals surface area contributed by atoms with Gasteiger partial charge in [0.15, 0.2) is 0 Å². The molecule has 1 aromatic heterocycles. The molecule has 3 aromatic rings. The molecular weight excluding hydrogens is 408 g/mol. The van der Waals surface area contributed by atoms with Crippen LogP contribution in [-0.4, -0.2) is 29.5 Å². The number of aromatic nitrogens is 1. The van der Waals surface area contributed by atoms with Crippen molar-refractivity contribution < 1.29 is 9.90 Å². The maximum atomic E-state index is 11.2. The van der Waals surface area contributed by atoms with E-state index in [9.17, 15) is 9.90 Å². The first-order valence-electron chi connectivity index (χ1n) is 12.0. The molecule has 0 saturated heterocycles. The van der Waals surface area contributed by atoms with Crippen LogP contribution in [0.2, 0.25) is 0 Å². The van der Waals surface area contributed by atoms with Crippen LogP contribution in [0.5, 0.6) is 0 Å². The molecule has 0 bridgehead atoms. The van der Waals surface area contributed by atoms with E-state index < -0.39 is 0 Å². The van der Waals surface area contributed by atoms with Crippen LogP contribution in [0.1, 0.15) is 58.4 Å². The maximum absolute atomic E-state index is 11.2. The van der Waals surface area contributed by atoms with Crippen LogP contribution < -0.4 is 5.32 Å². The highest BCUT2D eigenvalue weighted by Crippen LogP contribution is 2.52. The van der Waals surface area contributed by atoms with E-state index in [0.717, 1.165) is 61.8 Å². The molecule has 4 heteroatoms. The van der Waals surface area contributed by atoms with Crippen LogP contribution >= 0.6 is 0 Å². The Labute approximate surface area is 197 Å². The SMILES string of the molecule is CNc1cccnc1C.O=Cc1ccc2c(c1)CCC1C[C@H](O)CC[C@@]21Cc1ccccc1. The van der Waals surface area contributed by atoms with Gasteiger partial charge in [0.05, 0.1) is 17.5 Å². The number of benzene rings is 2. The van der Waals surface area contributed by atoms with Crippen molar-refractivity contribution in [3.05, 3.63) is 94.8 Å². The Morgan fingerprint density at radius 3 is 2.64 bits per heavy atom. The minimum Gasteiger partial charge on any atom is -0.393 e. The molecular formula is C29H34N2O2. The third-order valence-electron chi connectivity index (χ3n) is 7.46. The number of aryl methyl sites for hydroxylation is 2. The van der Waals surface area contributed by atoms with Gasteiger partial charge in [-0.1, -0.05) is 42.5 Å². The summed E-state index contributed by atoms with van der Waals surface area (Å²) in [6, 6.07) is 20.9. The largest absolute Gasteiger partial charge is 0.393 e. The van der Waals surface area contributed by atoms with E-state index in [1.54, 1.807) is 6.20 Å². The van der Waals surface area contributed by atoms with Gasteiger partial charge in [-0.15, -0.1) is 0 Å². The summed E-state index contributed by atoms with van der Waals surface area (Å²) < 4.78 is 0. The van der Waals surface area contributed by atoms with Gasteiger partial charge >= 0.3 is 0 Å². The molecule has 33 heavy (non-hydrogen) atoms. The molecule has 2 N–H and O–H groups in total. The smallest absolute Gasteiger partial charge is 0.150 e. The predicted octanol–water partition coefficient (Wildman–Crippen LogP) is 5.52. The average Bonchev–Trinajstić information content (AvgIpc) is 2.85. The molecule has 3 atom stereocenters. The molecule has 2 aromatic carbocycles. The summed E-state index contributed by atoms with van der Waals surface area (Å²) in [6.45, 7) is 1.98. The summed E-state index contributed by atoms with van der Waals surface area (Å²) in [5.74, 6) is 0.524. The van der Waals surface area contributed by atoms with Gasteiger partial charge in [0, 0.05) is 24.2 Å². The number of pyridine rings is 1. The second-order valence-corrected chi connectivity index (χ2v) is 9.40. The van der Waals surface area contributed by atoms with E-state index in [4.69, 9.17) is 0 Å². The second-order valence-electron chi connectivity index (χ2n) is 9.40. The summed E-state index contributed by atoms with van der Waals surface area (Å²) in [4.78, 5) is 15.2. The van der Waals surface area contributed by atoms with Crippen LogP contribution in [0.15, 0.2) is 66.9 Å². The van der Waals surface area contributed by atoms with Crippen molar-refractivity contribution in [3.8, 4) is 0 Å². The molecule has 1 unspecified atom stereocenters. The number of carbonyl (C=O) groups is 1. The van der Waals surface area contributed by atoms with E-state index >= 15 is 0 Å². The number of rotatable bonds is 4. The molecule has 1 fully saturated rings. The average molecular weight is 443 g/mol. The Balaban J connectivity index is 0.000000243. The lowest BCUT2D eigenvalue weighted by Crippen LogP contribution is -2.46. The number of aliphatic hydroxyl groups excluding tert-OH is 1. The van der Waals surface area contributed by atoms with Gasteiger partial charge in [-0.3, -0.25) is 9.78 Å². The van der Waals surface area contributed by atoms with E-state index in [2.05, 4.69) is 52.8 Å². The highest BCUT2D eigenvalue weighted by molar-refractivity contribution is 5.75. The van der Waals surface area contributed by atoms with Crippen molar-refractivity contribution in [2.24, 2.45) is 5.92 Å². The van der Waals surface area contributed by atoms with Gasteiger partial charge in [0.25, 0.3) is 0 Å². The highest BCUT2D eigenvalue weighted by atomic mass is 16.3. The fourth-order valence-electron chi connectivity index (χ4n) is 5.79. The zero-order chi connectivity index (χ0) is 23.3. The van der Waals surface area contributed by atoms with Crippen molar-refractivity contribution in [1.82, 2.24) is 4.98 Å². The Hall–Kier alpha value is -2.98. The molecule has 1 saturated carbocycles. The molecule has 0 amide bonds. The summed E-state index contributed by atoms with van der Waals surface area (Å²) in [5, 5.41) is 13.2. The van der Waals surface area contributed by atoms with Crippen LogP contribution in [0.3, 0.4) is 0 Å². The van der Waals surface area contributed by atoms with Gasteiger partial charge < -0.3 is 10.4 Å². The lowest BCUT2D eigenvalue weighted by atomic mass is 9.54. The lowest BCUT2D eigenvalue weighted by molar-refractivity contribution is 0.0406. The lowest BCUT2D eigenvalue weighted by Gasteiger charge is -2.50. The van der Waals surface area contributed by atoms with Crippen LogP contribution in [-0.2, 0) is 18.3 Å². The van der Waals surface area contributed by atoms with Crippen molar-refractivity contribution in [3.63, 3.8) is 0 Å². The monoisotopic (exact) mass is 442 g/mol.